The van der Waals surface area contributed by atoms with E-state index in [9.17, 15) is 13.6 Å². The van der Waals surface area contributed by atoms with E-state index in [0.29, 0.717) is 16.8 Å². The quantitative estimate of drug-likeness (QED) is 0.537. The molecule has 1 aromatic heterocycles. The number of sulfone groups is 1. The molecule has 3 aromatic rings. The summed E-state index contributed by atoms with van der Waals surface area (Å²) in [6.07, 6.45) is 1.14. The van der Waals surface area contributed by atoms with Crippen molar-refractivity contribution in [3.05, 3.63) is 54.2 Å². The maximum Gasteiger partial charge on any atom is 0.193 e. The van der Waals surface area contributed by atoms with Crippen molar-refractivity contribution in [3.63, 3.8) is 0 Å². The average molecular weight is 387 g/mol. The highest BCUT2D eigenvalue weighted by molar-refractivity contribution is 7.90. The normalized spacial score (nSPS) is 12.3. The molecule has 3 rings (SSSR count). The van der Waals surface area contributed by atoms with Crippen LogP contribution in [0, 0.1) is 0 Å². The Balaban J connectivity index is 2.49. The van der Waals surface area contributed by atoms with Gasteiger partial charge in [0.2, 0.25) is 0 Å². The Bertz CT molecular complexity index is 1090. The lowest BCUT2D eigenvalue weighted by Gasteiger charge is -2.22. The maximum absolute atomic E-state index is 12.4. The van der Waals surface area contributed by atoms with E-state index in [2.05, 4.69) is 4.98 Å². The van der Waals surface area contributed by atoms with Gasteiger partial charge >= 0.3 is 0 Å². The van der Waals surface area contributed by atoms with Crippen LogP contribution >= 0.6 is 0 Å². The summed E-state index contributed by atoms with van der Waals surface area (Å²) in [6.45, 7) is 0.153. The second kappa shape index (κ2) is 6.92. The number of aromatic nitrogens is 1. The number of pyridine rings is 1. The number of ether oxygens (including phenoxy) is 1. The summed E-state index contributed by atoms with van der Waals surface area (Å²) in [5, 5.41) is 11.6. The molecule has 0 spiro atoms. The summed E-state index contributed by atoms with van der Waals surface area (Å²) in [7, 11) is 1.23. The van der Waals surface area contributed by atoms with Gasteiger partial charge in [0.15, 0.2) is 21.4 Å². The van der Waals surface area contributed by atoms with Gasteiger partial charge in [0.1, 0.15) is 11.4 Å². The number of rotatable bonds is 5. The molecule has 0 aliphatic heterocycles. The Morgan fingerprint density at radius 2 is 1.74 bits per heavy atom. The largest absolute Gasteiger partial charge is 0.497 e. The molecule has 0 unspecified atom stereocenters. The molecule has 2 aromatic carbocycles. The van der Waals surface area contributed by atoms with Crippen LogP contribution in [-0.2, 0) is 16.4 Å². The molecule has 1 heterocycles. The van der Waals surface area contributed by atoms with Crippen molar-refractivity contribution in [2.24, 2.45) is 0 Å². The number of hydrogen-bond donors (Lipinski definition) is 1. The van der Waals surface area contributed by atoms with Crippen molar-refractivity contribution >= 4 is 20.6 Å². The molecule has 1 N–H and O–H groups in total. The zero-order chi connectivity index (χ0) is 19.8. The van der Waals surface area contributed by atoms with Crippen LogP contribution in [0.25, 0.3) is 21.9 Å². The minimum atomic E-state index is -3.57. The third-order valence-corrected chi connectivity index (χ3v) is 5.22. The Hall–Kier alpha value is -2.48. The molecule has 0 saturated heterocycles. The SMILES string of the molecule is COc1ccc2c(S(C)(=O)=O)nc(C[N+](C)(C)O)c(-c3ccccc3)c2c1. The van der Waals surface area contributed by atoms with E-state index >= 15 is 0 Å². The van der Waals surface area contributed by atoms with E-state index in [1.165, 1.54) is 0 Å². The molecule has 0 saturated carbocycles. The van der Waals surface area contributed by atoms with Gasteiger partial charge in [0.25, 0.3) is 0 Å². The van der Waals surface area contributed by atoms with Crippen LogP contribution in [-0.4, -0.2) is 50.7 Å². The molecule has 0 aliphatic carbocycles. The summed E-state index contributed by atoms with van der Waals surface area (Å²) in [5.41, 5.74) is 2.19. The standard InChI is InChI=1S/C20H23N2O4S/c1-22(2,23)13-18-19(14-8-6-5-7-9-14)17-12-15(26-3)10-11-16(17)20(21-18)27(4,24)25/h5-12,23H,13H2,1-4H3/q+1. The topological polar surface area (TPSA) is 76.5 Å². The first kappa shape index (κ1) is 19.3. The van der Waals surface area contributed by atoms with Crippen LogP contribution in [0.2, 0.25) is 0 Å². The zero-order valence-corrected chi connectivity index (χ0v) is 16.6. The summed E-state index contributed by atoms with van der Waals surface area (Å²) >= 11 is 0. The Morgan fingerprint density at radius 3 is 2.30 bits per heavy atom. The van der Waals surface area contributed by atoms with Gasteiger partial charge in [-0.15, -0.1) is 0 Å². The summed E-state index contributed by atoms with van der Waals surface area (Å²) in [6, 6.07) is 14.9. The van der Waals surface area contributed by atoms with Crippen LogP contribution in [0.5, 0.6) is 5.75 Å². The lowest BCUT2D eigenvalue weighted by Crippen LogP contribution is -2.35. The van der Waals surface area contributed by atoms with Gasteiger partial charge in [-0.3, -0.25) is 0 Å². The highest BCUT2D eigenvalue weighted by atomic mass is 32.2. The summed E-state index contributed by atoms with van der Waals surface area (Å²) in [5.74, 6) is 0.619. The number of fused-ring (bicyclic) bond motifs is 1. The van der Waals surface area contributed by atoms with Gasteiger partial charge in [0, 0.05) is 17.2 Å². The van der Waals surface area contributed by atoms with Crippen LogP contribution in [0.15, 0.2) is 53.6 Å². The minimum absolute atomic E-state index is 0.00304. The molecular weight excluding hydrogens is 364 g/mol. The van der Waals surface area contributed by atoms with Crippen molar-refractivity contribution in [1.82, 2.24) is 4.98 Å². The Morgan fingerprint density at radius 1 is 1.07 bits per heavy atom. The molecule has 7 heteroatoms. The molecule has 0 aliphatic rings. The van der Waals surface area contributed by atoms with Crippen LogP contribution in [0.3, 0.4) is 0 Å². The molecule has 142 valence electrons. The zero-order valence-electron chi connectivity index (χ0n) is 15.8. The van der Waals surface area contributed by atoms with E-state index in [4.69, 9.17) is 4.74 Å². The van der Waals surface area contributed by atoms with Gasteiger partial charge < -0.3 is 4.74 Å². The number of methoxy groups -OCH3 is 1. The lowest BCUT2D eigenvalue weighted by atomic mass is 9.97. The molecule has 0 atom stereocenters. The number of quaternary nitrogens is 1. The van der Waals surface area contributed by atoms with Gasteiger partial charge in [-0.1, -0.05) is 30.3 Å². The fraction of sp³-hybridized carbons (Fsp3) is 0.250. The van der Waals surface area contributed by atoms with E-state index in [1.54, 1.807) is 33.3 Å². The smallest absolute Gasteiger partial charge is 0.193 e. The third kappa shape index (κ3) is 4.10. The molecule has 0 amide bonds. The van der Waals surface area contributed by atoms with Crippen LogP contribution in [0.1, 0.15) is 5.69 Å². The van der Waals surface area contributed by atoms with E-state index in [0.717, 1.165) is 22.8 Å². The van der Waals surface area contributed by atoms with Crippen molar-refractivity contribution < 1.29 is 23.0 Å². The third-order valence-electron chi connectivity index (χ3n) is 4.20. The molecule has 0 bridgehead atoms. The maximum atomic E-state index is 12.4. The first-order valence-corrected chi connectivity index (χ1v) is 10.3. The molecule has 6 nitrogen and oxygen atoms in total. The van der Waals surface area contributed by atoms with E-state index in [1.807, 2.05) is 36.4 Å². The molecule has 27 heavy (non-hydrogen) atoms. The number of benzene rings is 2. The number of nitrogens with zero attached hydrogens (tertiary/aromatic N) is 2. The van der Waals surface area contributed by atoms with Gasteiger partial charge in [-0.05, 0) is 29.1 Å². The fourth-order valence-electron chi connectivity index (χ4n) is 3.13. The fourth-order valence-corrected chi connectivity index (χ4v) is 3.98. The predicted molar refractivity (Wildman–Crippen MR) is 104 cm³/mol. The Labute approximate surface area is 159 Å². The lowest BCUT2D eigenvalue weighted by molar-refractivity contribution is -1.08. The first-order chi connectivity index (χ1) is 12.6. The first-order valence-electron chi connectivity index (χ1n) is 8.42. The van der Waals surface area contributed by atoms with Crippen molar-refractivity contribution in [2.75, 3.05) is 27.5 Å². The van der Waals surface area contributed by atoms with Gasteiger partial charge in [-0.2, -0.15) is 4.65 Å². The monoisotopic (exact) mass is 387 g/mol. The van der Waals surface area contributed by atoms with Crippen molar-refractivity contribution in [2.45, 2.75) is 11.6 Å². The highest BCUT2D eigenvalue weighted by Crippen LogP contribution is 2.37. The van der Waals surface area contributed by atoms with Crippen molar-refractivity contribution in [1.29, 1.82) is 0 Å². The van der Waals surface area contributed by atoms with Crippen LogP contribution < -0.4 is 4.74 Å². The summed E-state index contributed by atoms with van der Waals surface area (Å²) < 4.78 is 29.8. The predicted octanol–water partition coefficient (Wildman–Crippen LogP) is 3.28. The second-order valence-corrected chi connectivity index (χ2v) is 9.00. The Kier molecular flexibility index (Phi) is 4.94. The molecule has 0 radical (unpaired) electrons. The number of hydroxylamine groups is 3. The van der Waals surface area contributed by atoms with E-state index in [-0.39, 0.29) is 16.2 Å². The van der Waals surface area contributed by atoms with Crippen molar-refractivity contribution in [3.8, 4) is 16.9 Å². The molecular formula is C20H23N2O4S+. The average Bonchev–Trinajstić information content (AvgIpc) is 2.59. The summed E-state index contributed by atoms with van der Waals surface area (Å²) in [4.78, 5) is 4.48. The second-order valence-electron chi connectivity index (χ2n) is 7.07. The molecule has 0 fully saturated rings. The minimum Gasteiger partial charge on any atom is -0.497 e. The van der Waals surface area contributed by atoms with Crippen LogP contribution in [0.4, 0.5) is 0 Å². The highest BCUT2D eigenvalue weighted by Gasteiger charge is 2.25. The number of hydrogen-bond acceptors (Lipinski definition) is 5. The van der Waals surface area contributed by atoms with Gasteiger partial charge in [-0.25, -0.2) is 18.6 Å². The van der Waals surface area contributed by atoms with E-state index < -0.39 is 9.84 Å². The van der Waals surface area contributed by atoms with Gasteiger partial charge in [0.05, 0.1) is 21.2 Å².